The quantitative estimate of drug-likeness (QED) is 0.727. The Balaban J connectivity index is 2.50. The van der Waals surface area contributed by atoms with Crippen LogP contribution in [-0.2, 0) is 11.3 Å². The molecule has 0 saturated heterocycles. The predicted octanol–water partition coefficient (Wildman–Crippen LogP) is 0.640. The van der Waals surface area contributed by atoms with Crippen LogP contribution in [0.4, 0.5) is 0 Å². The van der Waals surface area contributed by atoms with E-state index in [0.717, 1.165) is 5.69 Å². The van der Waals surface area contributed by atoms with E-state index < -0.39 is 0 Å². The molecule has 0 aliphatic rings. The van der Waals surface area contributed by atoms with Gasteiger partial charge in [0.2, 0.25) is 5.91 Å². The van der Waals surface area contributed by atoms with E-state index in [-0.39, 0.29) is 11.8 Å². The molecule has 0 spiro atoms. The maximum absolute atomic E-state index is 10.8. The first-order valence-corrected chi connectivity index (χ1v) is 4.37. The highest BCUT2D eigenvalue weighted by Crippen LogP contribution is 1.92. The first kappa shape index (κ1) is 9.92. The van der Waals surface area contributed by atoms with Gasteiger partial charge in [-0.3, -0.25) is 4.79 Å². The van der Waals surface area contributed by atoms with Crippen molar-refractivity contribution in [2.45, 2.75) is 13.5 Å². The number of carbonyl (C=O) groups excluding carboxylic acids is 1. The topological polar surface area (TPSA) is 54.9 Å². The van der Waals surface area contributed by atoms with Gasteiger partial charge in [0.1, 0.15) is 11.7 Å². The van der Waals surface area contributed by atoms with Crippen LogP contribution >= 0.6 is 11.6 Å². The van der Waals surface area contributed by atoms with Crippen molar-refractivity contribution >= 4 is 17.5 Å². The van der Waals surface area contributed by atoms with Crippen molar-refractivity contribution in [3.05, 3.63) is 23.8 Å². The molecule has 0 atom stereocenters. The molecular weight excluding hydrogens is 190 g/mol. The summed E-state index contributed by atoms with van der Waals surface area (Å²) in [6, 6.07) is 1.80. The second-order valence-electron chi connectivity index (χ2n) is 2.52. The number of halogens is 1. The van der Waals surface area contributed by atoms with E-state index in [1.807, 2.05) is 6.92 Å². The number of hydrogen-bond acceptors (Lipinski definition) is 3. The summed E-state index contributed by atoms with van der Waals surface area (Å²) in [7, 11) is 0. The Kier molecular flexibility index (Phi) is 3.64. The number of nitrogens with one attached hydrogen (secondary N) is 1. The van der Waals surface area contributed by atoms with Crippen LogP contribution in [0.1, 0.15) is 11.5 Å². The van der Waals surface area contributed by atoms with Crippen molar-refractivity contribution in [3.63, 3.8) is 0 Å². The van der Waals surface area contributed by atoms with Crippen LogP contribution in [0.15, 0.2) is 12.3 Å². The highest BCUT2D eigenvalue weighted by Gasteiger charge is 2.00. The second-order valence-corrected chi connectivity index (χ2v) is 2.79. The molecule has 1 aromatic heterocycles. The normalized spacial score (nSPS) is 9.69. The van der Waals surface area contributed by atoms with Gasteiger partial charge in [0.15, 0.2) is 0 Å². The number of aryl methyl sites for hydroxylation is 1. The van der Waals surface area contributed by atoms with Gasteiger partial charge in [-0.1, -0.05) is 0 Å². The summed E-state index contributed by atoms with van der Waals surface area (Å²) in [4.78, 5) is 18.9. The van der Waals surface area contributed by atoms with Crippen LogP contribution in [0.5, 0.6) is 0 Å². The summed E-state index contributed by atoms with van der Waals surface area (Å²) in [5.41, 5.74) is 0.880. The lowest BCUT2D eigenvalue weighted by Gasteiger charge is -2.01. The lowest BCUT2D eigenvalue weighted by Crippen LogP contribution is -2.24. The average molecular weight is 200 g/mol. The summed E-state index contributed by atoms with van der Waals surface area (Å²) in [5.74, 6) is 0.344. The van der Waals surface area contributed by atoms with Gasteiger partial charge >= 0.3 is 0 Å². The van der Waals surface area contributed by atoms with Gasteiger partial charge in [0.25, 0.3) is 0 Å². The zero-order chi connectivity index (χ0) is 9.68. The number of alkyl halides is 1. The molecule has 0 aliphatic heterocycles. The molecule has 5 heteroatoms. The zero-order valence-electron chi connectivity index (χ0n) is 7.25. The molecular formula is C8H10ClN3O. The van der Waals surface area contributed by atoms with Gasteiger partial charge in [-0.2, -0.15) is 0 Å². The molecule has 1 heterocycles. The van der Waals surface area contributed by atoms with E-state index in [1.165, 1.54) is 0 Å². The van der Waals surface area contributed by atoms with E-state index in [1.54, 1.807) is 12.3 Å². The minimum atomic E-state index is -0.216. The third kappa shape index (κ3) is 3.38. The van der Waals surface area contributed by atoms with E-state index in [0.29, 0.717) is 12.4 Å². The van der Waals surface area contributed by atoms with Crippen LogP contribution in [0.2, 0.25) is 0 Å². The molecule has 0 fully saturated rings. The Morgan fingerprint density at radius 3 is 3.08 bits per heavy atom. The molecule has 13 heavy (non-hydrogen) atoms. The van der Waals surface area contributed by atoms with Gasteiger partial charge in [0, 0.05) is 11.9 Å². The molecule has 4 nitrogen and oxygen atoms in total. The van der Waals surface area contributed by atoms with Gasteiger partial charge < -0.3 is 5.32 Å². The SMILES string of the molecule is Cc1ccnc(CNC(=O)CCl)n1. The second kappa shape index (κ2) is 4.77. The Morgan fingerprint density at radius 2 is 2.46 bits per heavy atom. The average Bonchev–Trinajstić information content (AvgIpc) is 2.14. The van der Waals surface area contributed by atoms with E-state index in [9.17, 15) is 4.79 Å². The molecule has 0 unspecified atom stereocenters. The smallest absolute Gasteiger partial charge is 0.235 e. The van der Waals surface area contributed by atoms with Crippen LogP contribution in [0, 0.1) is 6.92 Å². The minimum Gasteiger partial charge on any atom is -0.348 e. The van der Waals surface area contributed by atoms with E-state index in [2.05, 4.69) is 15.3 Å². The Labute approximate surface area is 81.3 Å². The number of carbonyl (C=O) groups is 1. The lowest BCUT2D eigenvalue weighted by molar-refractivity contribution is -0.118. The van der Waals surface area contributed by atoms with Crippen molar-refractivity contribution < 1.29 is 4.79 Å². The lowest BCUT2D eigenvalue weighted by atomic mass is 10.4. The number of rotatable bonds is 3. The van der Waals surface area contributed by atoms with Gasteiger partial charge in [0.05, 0.1) is 6.54 Å². The minimum absolute atomic E-state index is 0.0359. The molecule has 0 saturated carbocycles. The van der Waals surface area contributed by atoms with E-state index >= 15 is 0 Å². The molecule has 70 valence electrons. The highest BCUT2D eigenvalue weighted by atomic mass is 35.5. The Hall–Kier alpha value is -1.16. The van der Waals surface area contributed by atoms with Crippen molar-refractivity contribution in [3.8, 4) is 0 Å². The maximum atomic E-state index is 10.8. The monoisotopic (exact) mass is 199 g/mol. The Morgan fingerprint density at radius 1 is 1.69 bits per heavy atom. The number of hydrogen-bond donors (Lipinski definition) is 1. The standard InChI is InChI=1S/C8H10ClN3O/c1-6-2-3-10-7(12-6)5-11-8(13)4-9/h2-3H,4-5H2,1H3,(H,11,13). The zero-order valence-corrected chi connectivity index (χ0v) is 8.01. The summed E-state index contributed by atoms with van der Waals surface area (Å²) in [5, 5.41) is 2.58. The molecule has 0 bridgehead atoms. The fourth-order valence-electron chi connectivity index (χ4n) is 0.811. The highest BCUT2D eigenvalue weighted by molar-refractivity contribution is 6.27. The van der Waals surface area contributed by atoms with Crippen molar-refractivity contribution in [2.75, 3.05) is 5.88 Å². The van der Waals surface area contributed by atoms with Crippen LogP contribution < -0.4 is 5.32 Å². The first-order chi connectivity index (χ1) is 6.22. The fraction of sp³-hybridized carbons (Fsp3) is 0.375. The van der Waals surface area contributed by atoms with Crippen molar-refractivity contribution in [2.24, 2.45) is 0 Å². The molecule has 1 N–H and O–H groups in total. The summed E-state index contributed by atoms with van der Waals surface area (Å²) in [6.07, 6.45) is 1.66. The maximum Gasteiger partial charge on any atom is 0.235 e. The number of nitrogens with zero attached hydrogens (tertiary/aromatic N) is 2. The van der Waals surface area contributed by atoms with Gasteiger partial charge in [-0.25, -0.2) is 9.97 Å². The summed E-state index contributed by atoms with van der Waals surface area (Å²) in [6.45, 7) is 2.20. The molecule has 0 aliphatic carbocycles. The largest absolute Gasteiger partial charge is 0.348 e. The van der Waals surface area contributed by atoms with Crippen LogP contribution in [0.25, 0.3) is 0 Å². The number of amides is 1. The molecule has 1 rings (SSSR count). The first-order valence-electron chi connectivity index (χ1n) is 3.83. The molecule has 1 amide bonds. The Bertz CT molecular complexity index is 303. The number of aromatic nitrogens is 2. The van der Waals surface area contributed by atoms with Crippen LogP contribution in [-0.4, -0.2) is 21.8 Å². The van der Waals surface area contributed by atoms with E-state index in [4.69, 9.17) is 11.6 Å². The fourth-order valence-corrected chi connectivity index (χ4v) is 0.905. The third-order valence-electron chi connectivity index (χ3n) is 1.41. The summed E-state index contributed by atoms with van der Waals surface area (Å²) < 4.78 is 0. The third-order valence-corrected chi connectivity index (χ3v) is 1.65. The van der Waals surface area contributed by atoms with Crippen LogP contribution in [0.3, 0.4) is 0 Å². The summed E-state index contributed by atoms with van der Waals surface area (Å²) >= 11 is 5.30. The molecule has 0 aromatic carbocycles. The predicted molar refractivity (Wildman–Crippen MR) is 49.3 cm³/mol. The van der Waals surface area contributed by atoms with Gasteiger partial charge in [-0.15, -0.1) is 11.6 Å². The molecule has 0 radical (unpaired) electrons. The van der Waals surface area contributed by atoms with Gasteiger partial charge in [-0.05, 0) is 13.0 Å². The molecule has 1 aromatic rings. The van der Waals surface area contributed by atoms with Crippen molar-refractivity contribution in [1.82, 2.24) is 15.3 Å². The van der Waals surface area contributed by atoms with Crippen molar-refractivity contribution in [1.29, 1.82) is 0 Å².